The van der Waals surface area contributed by atoms with Crippen molar-refractivity contribution in [3.63, 3.8) is 0 Å². The summed E-state index contributed by atoms with van der Waals surface area (Å²) in [6.45, 7) is 5.56. The van der Waals surface area contributed by atoms with Crippen LogP contribution in [0.25, 0.3) is 10.9 Å². The molecular formula is C25H30N8O2S. The van der Waals surface area contributed by atoms with E-state index in [0.29, 0.717) is 24.1 Å². The van der Waals surface area contributed by atoms with Gasteiger partial charge in [0.1, 0.15) is 11.5 Å². The van der Waals surface area contributed by atoms with Crippen molar-refractivity contribution in [2.45, 2.75) is 19.5 Å². The average Bonchev–Trinajstić information content (AvgIpc) is 3.26. The molecule has 0 spiro atoms. The lowest BCUT2D eigenvalue weighted by atomic mass is 10.2. The molecule has 3 aromatic heterocycles. The van der Waals surface area contributed by atoms with Gasteiger partial charge in [-0.15, -0.1) is 0 Å². The van der Waals surface area contributed by atoms with Crippen molar-refractivity contribution >= 4 is 43.9 Å². The maximum Gasteiger partial charge on any atom is 0.233 e. The third-order valence-corrected chi connectivity index (χ3v) is 7.56. The molecule has 10 nitrogen and oxygen atoms in total. The average molecular weight is 507 g/mol. The van der Waals surface area contributed by atoms with Crippen molar-refractivity contribution in [1.29, 1.82) is 0 Å². The Kier molecular flexibility index (Phi) is 6.50. The Balaban J connectivity index is 1.36. The topological polar surface area (TPSA) is 108 Å². The predicted molar refractivity (Wildman–Crippen MR) is 144 cm³/mol. The maximum absolute atomic E-state index is 12.1. The lowest BCUT2D eigenvalue weighted by Crippen LogP contribution is -2.49. The van der Waals surface area contributed by atoms with Crippen LogP contribution >= 0.6 is 0 Å². The largest absolute Gasteiger partial charge is 0.369 e. The van der Waals surface area contributed by atoms with Gasteiger partial charge in [-0.3, -0.25) is 9.29 Å². The Labute approximate surface area is 211 Å². The molecule has 0 saturated carbocycles. The normalized spacial score (nSPS) is 16.3. The Hall–Kier alpha value is -3.70. The van der Waals surface area contributed by atoms with E-state index in [1.165, 1.54) is 18.9 Å². The van der Waals surface area contributed by atoms with E-state index >= 15 is 0 Å². The molecule has 1 aromatic carbocycles. The number of anilines is 4. The van der Waals surface area contributed by atoms with Crippen LogP contribution in [0.2, 0.25) is 0 Å². The van der Waals surface area contributed by atoms with E-state index in [1.54, 1.807) is 6.20 Å². The van der Waals surface area contributed by atoms with Gasteiger partial charge in [-0.2, -0.15) is 0 Å². The van der Waals surface area contributed by atoms with E-state index in [2.05, 4.69) is 61.7 Å². The highest BCUT2D eigenvalue weighted by atomic mass is 32.2. The molecule has 11 heteroatoms. The number of aromatic nitrogens is 4. The SMILES string of the molecule is C[C@H]1CN(c2ccc(Nc3cc4c(ccn4Cc4nccnc4N(C)S(C)(=O)=O)cn3)cc2)CCN1. The van der Waals surface area contributed by atoms with Gasteiger partial charge in [0.05, 0.1) is 18.3 Å². The molecule has 0 unspecified atom stereocenters. The van der Waals surface area contributed by atoms with E-state index in [9.17, 15) is 8.42 Å². The highest BCUT2D eigenvalue weighted by molar-refractivity contribution is 7.92. The molecule has 2 N–H and O–H groups in total. The van der Waals surface area contributed by atoms with Crippen LogP contribution in [0, 0.1) is 0 Å². The van der Waals surface area contributed by atoms with E-state index in [4.69, 9.17) is 0 Å². The van der Waals surface area contributed by atoms with Crippen molar-refractivity contribution < 1.29 is 8.42 Å². The van der Waals surface area contributed by atoms with Gasteiger partial charge in [0.25, 0.3) is 0 Å². The van der Waals surface area contributed by atoms with E-state index in [0.717, 1.165) is 52.6 Å². The van der Waals surface area contributed by atoms with Crippen LogP contribution in [0.1, 0.15) is 12.6 Å². The van der Waals surface area contributed by atoms with Gasteiger partial charge in [-0.05, 0) is 37.3 Å². The summed E-state index contributed by atoms with van der Waals surface area (Å²) in [5.41, 5.74) is 3.69. The monoisotopic (exact) mass is 506 g/mol. The molecule has 0 radical (unpaired) electrons. The number of hydrogen-bond donors (Lipinski definition) is 2. The number of piperazine rings is 1. The second kappa shape index (κ2) is 9.75. The van der Waals surface area contributed by atoms with E-state index in [1.807, 2.05) is 29.1 Å². The lowest BCUT2D eigenvalue weighted by Gasteiger charge is -2.33. The molecule has 1 atom stereocenters. The second-order valence-electron chi connectivity index (χ2n) is 9.10. The Morgan fingerprint density at radius 1 is 1.14 bits per heavy atom. The van der Waals surface area contributed by atoms with Crippen LogP contribution in [0.3, 0.4) is 0 Å². The summed E-state index contributed by atoms with van der Waals surface area (Å²) in [7, 11) is -1.98. The highest BCUT2D eigenvalue weighted by Crippen LogP contribution is 2.25. The van der Waals surface area contributed by atoms with E-state index in [-0.39, 0.29) is 0 Å². The maximum atomic E-state index is 12.1. The third kappa shape index (κ3) is 5.12. The number of hydrogen-bond acceptors (Lipinski definition) is 8. The molecule has 1 aliphatic rings. The fourth-order valence-electron chi connectivity index (χ4n) is 4.41. The van der Waals surface area contributed by atoms with Crippen LogP contribution < -0.4 is 19.8 Å². The minimum Gasteiger partial charge on any atom is -0.369 e. The minimum absolute atomic E-state index is 0.313. The lowest BCUT2D eigenvalue weighted by molar-refractivity contribution is 0.485. The number of benzene rings is 1. The fraction of sp³-hybridized carbons (Fsp3) is 0.320. The summed E-state index contributed by atoms with van der Waals surface area (Å²) in [5, 5.41) is 7.84. The van der Waals surface area contributed by atoms with Crippen LogP contribution in [0.15, 0.2) is 61.2 Å². The van der Waals surface area contributed by atoms with Crippen LogP contribution in [-0.2, 0) is 16.6 Å². The Morgan fingerprint density at radius 3 is 2.67 bits per heavy atom. The van der Waals surface area contributed by atoms with Crippen molar-refractivity contribution in [3.05, 3.63) is 66.9 Å². The number of rotatable bonds is 7. The van der Waals surface area contributed by atoms with Crippen LogP contribution in [0.5, 0.6) is 0 Å². The predicted octanol–water partition coefficient (Wildman–Crippen LogP) is 2.81. The third-order valence-electron chi connectivity index (χ3n) is 6.40. The first-order valence-corrected chi connectivity index (χ1v) is 13.7. The molecular weight excluding hydrogens is 476 g/mol. The van der Waals surface area contributed by atoms with Crippen LogP contribution in [0.4, 0.5) is 23.0 Å². The van der Waals surface area contributed by atoms with Gasteiger partial charge in [-0.1, -0.05) is 0 Å². The zero-order chi connectivity index (χ0) is 25.3. The minimum atomic E-state index is -3.46. The molecule has 1 saturated heterocycles. The van der Waals surface area contributed by atoms with Gasteiger partial charge < -0.3 is 20.1 Å². The van der Waals surface area contributed by atoms with Crippen molar-refractivity contribution in [2.75, 3.05) is 47.5 Å². The molecule has 4 aromatic rings. The summed E-state index contributed by atoms with van der Waals surface area (Å²) in [6, 6.07) is 12.8. The number of pyridine rings is 1. The summed E-state index contributed by atoms with van der Waals surface area (Å²) in [6.07, 6.45) is 7.98. The summed E-state index contributed by atoms with van der Waals surface area (Å²) < 4.78 is 27.3. The highest BCUT2D eigenvalue weighted by Gasteiger charge is 2.19. The summed E-state index contributed by atoms with van der Waals surface area (Å²) in [5.74, 6) is 1.03. The Morgan fingerprint density at radius 2 is 1.92 bits per heavy atom. The second-order valence-corrected chi connectivity index (χ2v) is 11.1. The zero-order valence-corrected chi connectivity index (χ0v) is 21.4. The first-order chi connectivity index (χ1) is 17.3. The van der Waals surface area contributed by atoms with Gasteiger partial charge in [0.15, 0.2) is 5.82 Å². The molecule has 0 bridgehead atoms. The quantitative estimate of drug-likeness (QED) is 0.394. The molecule has 36 heavy (non-hydrogen) atoms. The van der Waals surface area contributed by atoms with Crippen molar-refractivity contribution in [3.8, 4) is 0 Å². The standard InChI is InChI=1S/C25H30N8O2S/c1-18-16-32(13-11-26-18)21-6-4-20(5-7-21)30-24-14-23-19(15-29-24)8-12-33(23)17-22-25(28-10-9-27-22)31(2)36(3,34)35/h4-10,12,14-15,18,26H,11,13,16-17H2,1-3H3,(H,29,30)/t18-/m0/s1. The number of nitrogens with one attached hydrogen (secondary N) is 2. The first kappa shape index (κ1) is 24.0. The molecule has 1 fully saturated rings. The van der Waals surface area contributed by atoms with Gasteiger partial charge in [0.2, 0.25) is 10.0 Å². The molecule has 4 heterocycles. The molecule has 188 valence electrons. The molecule has 5 rings (SSSR count). The smallest absolute Gasteiger partial charge is 0.233 e. The molecule has 1 aliphatic heterocycles. The van der Waals surface area contributed by atoms with Gasteiger partial charge in [0, 0.05) is 80.3 Å². The van der Waals surface area contributed by atoms with E-state index < -0.39 is 10.0 Å². The summed E-state index contributed by atoms with van der Waals surface area (Å²) >= 11 is 0. The van der Waals surface area contributed by atoms with Gasteiger partial charge in [-0.25, -0.2) is 18.4 Å². The molecule has 0 aliphatic carbocycles. The zero-order valence-electron chi connectivity index (χ0n) is 20.6. The number of nitrogens with zero attached hydrogens (tertiary/aromatic N) is 6. The first-order valence-electron chi connectivity index (χ1n) is 11.8. The Bertz CT molecular complexity index is 1470. The fourth-order valence-corrected chi connectivity index (χ4v) is 4.88. The van der Waals surface area contributed by atoms with Gasteiger partial charge >= 0.3 is 0 Å². The summed E-state index contributed by atoms with van der Waals surface area (Å²) in [4.78, 5) is 15.6. The van der Waals surface area contributed by atoms with Crippen molar-refractivity contribution in [1.82, 2.24) is 24.8 Å². The van der Waals surface area contributed by atoms with Crippen molar-refractivity contribution in [2.24, 2.45) is 0 Å². The molecule has 0 amide bonds. The number of sulfonamides is 1. The number of fused-ring (bicyclic) bond motifs is 1. The van der Waals surface area contributed by atoms with Crippen LogP contribution in [-0.4, -0.2) is 66.9 Å².